The summed E-state index contributed by atoms with van der Waals surface area (Å²) in [6, 6.07) is 15.3. The van der Waals surface area contributed by atoms with Crippen molar-refractivity contribution in [2.45, 2.75) is 13.5 Å². The second-order valence-corrected chi connectivity index (χ2v) is 5.71. The Morgan fingerprint density at radius 3 is 2.56 bits per heavy atom. The predicted octanol–water partition coefficient (Wildman–Crippen LogP) is 2.44. The van der Waals surface area contributed by atoms with Crippen LogP contribution in [-0.2, 0) is 6.54 Å². The molecular formula is C19H20N4O2. The van der Waals surface area contributed by atoms with Crippen molar-refractivity contribution in [3.8, 4) is 5.75 Å². The summed E-state index contributed by atoms with van der Waals surface area (Å²) in [6.45, 7) is 3.54. The molecule has 0 saturated carbocycles. The van der Waals surface area contributed by atoms with Crippen LogP contribution in [0.1, 0.15) is 21.5 Å². The molecule has 1 N–H and O–H groups in total. The van der Waals surface area contributed by atoms with Gasteiger partial charge in [0.15, 0.2) is 0 Å². The number of carbonyl (C=O) groups excluding carboxylic acids is 1. The largest absolute Gasteiger partial charge is 0.492 e. The van der Waals surface area contributed by atoms with Gasteiger partial charge in [0.2, 0.25) is 0 Å². The van der Waals surface area contributed by atoms with Crippen molar-refractivity contribution in [2.24, 2.45) is 0 Å². The second kappa shape index (κ2) is 8.10. The SMILES string of the molecule is Cc1ccc(OCCNC(=O)c2ccc(Cn3cncn3)cc2)cc1. The van der Waals surface area contributed by atoms with Gasteiger partial charge in [0.25, 0.3) is 5.91 Å². The van der Waals surface area contributed by atoms with Gasteiger partial charge < -0.3 is 10.1 Å². The number of hydrogen-bond donors (Lipinski definition) is 1. The van der Waals surface area contributed by atoms with Gasteiger partial charge in [-0.15, -0.1) is 0 Å². The summed E-state index contributed by atoms with van der Waals surface area (Å²) < 4.78 is 7.33. The number of ether oxygens (including phenoxy) is 1. The highest BCUT2D eigenvalue weighted by molar-refractivity contribution is 5.94. The van der Waals surface area contributed by atoms with Crippen LogP contribution in [0.15, 0.2) is 61.2 Å². The molecule has 0 aliphatic rings. The molecule has 0 unspecified atom stereocenters. The molecule has 3 aromatic rings. The highest BCUT2D eigenvalue weighted by Crippen LogP contribution is 2.11. The summed E-state index contributed by atoms with van der Waals surface area (Å²) in [6.07, 6.45) is 3.16. The van der Waals surface area contributed by atoms with Gasteiger partial charge in [-0.05, 0) is 36.8 Å². The minimum absolute atomic E-state index is 0.111. The van der Waals surface area contributed by atoms with Crippen LogP contribution < -0.4 is 10.1 Å². The van der Waals surface area contributed by atoms with Crippen LogP contribution in [0.2, 0.25) is 0 Å². The number of aromatic nitrogens is 3. The highest BCUT2D eigenvalue weighted by Gasteiger charge is 2.05. The Morgan fingerprint density at radius 2 is 1.88 bits per heavy atom. The third kappa shape index (κ3) is 4.91. The molecule has 0 spiro atoms. The van der Waals surface area contributed by atoms with Crippen LogP contribution in [0.5, 0.6) is 5.75 Å². The minimum Gasteiger partial charge on any atom is -0.492 e. The van der Waals surface area contributed by atoms with Gasteiger partial charge in [-0.2, -0.15) is 5.10 Å². The van der Waals surface area contributed by atoms with E-state index in [9.17, 15) is 4.79 Å². The Morgan fingerprint density at radius 1 is 1.12 bits per heavy atom. The van der Waals surface area contributed by atoms with Gasteiger partial charge in [-0.25, -0.2) is 9.67 Å². The Bertz CT molecular complexity index is 796. The van der Waals surface area contributed by atoms with E-state index in [4.69, 9.17) is 4.74 Å². The molecule has 0 fully saturated rings. The Labute approximate surface area is 146 Å². The predicted molar refractivity (Wildman–Crippen MR) is 94.6 cm³/mol. The zero-order valence-corrected chi connectivity index (χ0v) is 14.1. The molecule has 6 heteroatoms. The summed E-state index contributed by atoms with van der Waals surface area (Å²) in [7, 11) is 0. The molecular weight excluding hydrogens is 316 g/mol. The van der Waals surface area contributed by atoms with Crippen LogP contribution in [0.25, 0.3) is 0 Å². The van der Waals surface area contributed by atoms with Crippen LogP contribution in [0.3, 0.4) is 0 Å². The molecule has 128 valence electrons. The van der Waals surface area contributed by atoms with Gasteiger partial charge in [0, 0.05) is 5.56 Å². The number of carbonyl (C=O) groups is 1. The molecule has 1 aromatic heterocycles. The fourth-order valence-electron chi connectivity index (χ4n) is 2.33. The molecule has 0 saturated heterocycles. The first kappa shape index (κ1) is 16.7. The van der Waals surface area contributed by atoms with Crippen molar-refractivity contribution in [1.29, 1.82) is 0 Å². The lowest BCUT2D eigenvalue weighted by Crippen LogP contribution is -2.28. The number of aryl methyl sites for hydroxylation is 1. The van der Waals surface area contributed by atoms with Crippen molar-refractivity contribution in [3.05, 3.63) is 77.9 Å². The topological polar surface area (TPSA) is 69.0 Å². The van der Waals surface area contributed by atoms with E-state index in [1.54, 1.807) is 11.0 Å². The lowest BCUT2D eigenvalue weighted by Gasteiger charge is -2.08. The van der Waals surface area contributed by atoms with Crippen molar-refractivity contribution in [1.82, 2.24) is 20.1 Å². The van der Waals surface area contributed by atoms with Crippen LogP contribution >= 0.6 is 0 Å². The summed E-state index contributed by atoms with van der Waals surface area (Å²) >= 11 is 0. The fraction of sp³-hybridized carbons (Fsp3) is 0.211. The zero-order valence-electron chi connectivity index (χ0n) is 14.1. The number of rotatable bonds is 7. The highest BCUT2D eigenvalue weighted by atomic mass is 16.5. The van der Waals surface area contributed by atoms with Crippen LogP contribution in [-0.4, -0.2) is 33.8 Å². The lowest BCUT2D eigenvalue weighted by atomic mass is 10.1. The maximum atomic E-state index is 12.1. The summed E-state index contributed by atoms with van der Waals surface area (Å²) in [4.78, 5) is 16.0. The summed E-state index contributed by atoms with van der Waals surface area (Å²) in [5, 5.41) is 6.92. The Hall–Kier alpha value is -3.15. The molecule has 2 aromatic carbocycles. The van der Waals surface area contributed by atoms with Crippen molar-refractivity contribution in [3.63, 3.8) is 0 Å². The van der Waals surface area contributed by atoms with E-state index in [2.05, 4.69) is 15.4 Å². The summed E-state index contributed by atoms with van der Waals surface area (Å²) in [5.41, 5.74) is 2.87. The third-order valence-electron chi connectivity index (χ3n) is 3.70. The van der Waals surface area contributed by atoms with E-state index in [0.29, 0.717) is 25.3 Å². The normalized spacial score (nSPS) is 10.4. The molecule has 0 bridgehead atoms. The second-order valence-electron chi connectivity index (χ2n) is 5.71. The van der Waals surface area contributed by atoms with Crippen molar-refractivity contribution >= 4 is 5.91 Å². The first-order valence-corrected chi connectivity index (χ1v) is 8.10. The average molecular weight is 336 g/mol. The number of nitrogens with one attached hydrogen (secondary N) is 1. The average Bonchev–Trinajstić information content (AvgIpc) is 3.14. The fourth-order valence-corrected chi connectivity index (χ4v) is 2.33. The quantitative estimate of drug-likeness (QED) is 0.673. The molecule has 1 heterocycles. The van der Waals surface area contributed by atoms with Gasteiger partial charge in [-0.1, -0.05) is 29.8 Å². The van der Waals surface area contributed by atoms with Crippen molar-refractivity contribution in [2.75, 3.05) is 13.2 Å². The smallest absolute Gasteiger partial charge is 0.251 e. The van der Waals surface area contributed by atoms with Gasteiger partial charge in [-0.3, -0.25) is 4.79 Å². The maximum absolute atomic E-state index is 12.1. The minimum atomic E-state index is -0.111. The maximum Gasteiger partial charge on any atom is 0.251 e. The van der Waals surface area contributed by atoms with E-state index >= 15 is 0 Å². The van der Waals surface area contributed by atoms with E-state index in [-0.39, 0.29) is 5.91 Å². The van der Waals surface area contributed by atoms with Gasteiger partial charge in [0.05, 0.1) is 13.1 Å². The lowest BCUT2D eigenvalue weighted by molar-refractivity contribution is 0.0947. The Kier molecular flexibility index (Phi) is 5.41. The van der Waals surface area contributed by atoms with E-state index in [1.165, 1.54) is 11.9 Å². The first-order chi connectivity index (χ1) is 12.2. The van der Waals surface area contributed by atoms with Gasteiger partial charge in [0.1, 0.15) is 25.0 Å². The van der Waals surface area contributed by atoms with E-state index in [0.717, 1.165) is 11.3 Å². The molecule has 0 aliphatic carbocycles. The van der Waals surface area contributed by atoms with Crippen molar-refractivity contribution < 1.29 is 9.53 Å². The molecule has 0 atom stereocenters. The van der Waals surface area contributed by atoms with E-state index < -0.39 is 0 Å². The summed E-state index contributed by atoms with van der Waals surface area (Å²) in [5.74, 6) is 0.692. The van der Waals surface area contributed by atoms with Crippen LogP contribution in [0, 0.1) is 6.92 Å². The first-order valence-electron chi connectivity index (χ1n) is 8.10. The zero-order chi connectivity index (χ0) is 17.5. The molecule has 0 aliphatic heterocycles. The monoisotopic (exact) mass is 336 g/mol. The van der Waals surface area contributed by atoms with Crippen LogP contribution in [0.4, 0.5) is 0 Å². The van der Waals surface area contributed by atoms with Gasteiger partial charge >= 0.3 is 0 Å². The Balaban J connectivity index is 1.44. The molecule has 6 nitrogen and oxygen atoms in total. The third-order valence-corrected chi connectivity index (χ3v) is 3.70. The molecule has 0 radical (unpaired) electrons. The molecule has 25 heavy (non-hydrogen) atoms. The number of amides is 1. The number of benzene rings is 2. The number of hydrogen-bond acceptors (Lipinski definition) is 4. The molecule has 1 amide bonds. The number of nitrogens with zero attached hydrogens (tertiary/aromatic N) is 3. The standard InChI is InChI=1S/C19H20N4O2/c1-15-2-8-18(9-3-15)25-11-10-21-19(24)17-6-4-16(5-7-17)12-23-14-20-13-22-23/h2-9,13-14H,10-12H2,1H3,(H,21,24). The molecule has 3 rings (SSSR count). The van der Waals surface area contributed by atoms with E-state index in [1.807, 2.05) is 55.5 Å².